The zero-order valence-electron chi connectivity index (χ0n) is 30.2. The number of carbonyl (C=O) groups is 3. The molecule has 0 aromatic heterocycles. The van der Waals surface area contributed by atoms with Gasteiger partial charge in [0.2, 0.25) is 5.78 Å². The lowest BCUT2D eigenvalue weighted by Crippen LogP contribution is -2.73. The van der Waals surface area contributed by atoms with Crippen molar-refractivity contribution in [1.29, 1.82) is 0 Å². The van der Waals surface area contributed by atoms with Gasteiger partial charge in [-0.1, -0.05) is 119 Å². The molecule has 52 heavy (non-hydrogen) atoms. The van der Waals surface area contributed by atoms with Crippen LogP contribution in [-0.2, 0) is 16.0 Å². The number of carbonyl (C=O) groups excluding carboxylic acids is 3. The standard InChI is InChI=1S/C44H44O8/c1-22(2)34-37(47)32(24(4)45)39(49)44(52)40(50)35-38(48)33-31(23(3)42(35,5)41(51)43(34,44)6)19-18-30(36(33)46)21-25-12-13-29(20-25)28-16-14-27(15-17-28)26-10-8-7-9-11-26/h7-11,13-20,22-23,34,41,46-47,50-52H,12,21H2,1-6H3/t23-,34?,41-,42+,43+,44+/m1/s1. The molecule has 4 aliphatic carbocycles. The fourth-order valence-corrected chi connectivity index (χ4v) is 9.76. The van der Waals surface area contributed by atoms with Gasteiger partial charge in [-0.2, -0.15) is 0 Å². The fraction of sp³-hybridized carbons (Fsp3) is 0.341. The molecule has 0 radical (unpaired) electrons. The number of Topliss-reactive ketones (excluding diaryl/α,β-unsaturated/α-hetero) is 3. The molecule has 0 aliphatic heterocycles. The Morgan fingerprint density at radius 3 is 2.13 bits per heavy atom. The molecular weight excluding hydrogens is 656 g/mol. The number of allylic oxidation sites excluding steroid dienone is 5. The maximum Gasteiger partial charge on any atom is 0.209 e. The van der Waals surface area contributed by atoms with Crippen LogP contribution in [-0.4, -0.2) is 54.6 Å². The minimum absolute atomic E-state index is 0.0689. The van der Waals surface area contributed by atoms with Crippen molar-refractivity contribution in [2.45, 2.75) is 72.0 Å². The maximum atomic E-state index is 14.6. The highest BCUT2D eigenvalue weighted by Crippen LogP contribution is 2.67. The molecule has 3 aromatic rings. The number of phenolic OH excluding ortho intramolecular Hbond substituents is 1. The highest BCUT2D eigenvalue weighted by atomic mass is 16.4. The lowest BCUT2D eigenvalue weighted by atomic mass is 9.41. The molecule has 0 amide bonds. The van der Waals surface area contributed by atoms with E-state index in [1.165, 1.54) is 6.92 Å². The van der Waals surface area contributed by atoms with Crippen LogP contribution in [0.5, 0.6) is 5.75 Å². The molecule has 0 bridgehead atoms. The maximum absolute atomic E-state index is 14.6. The van der Waals surface area contributed by atoms with Gasteiger partial charge in [0.05, 0.1) is 17.2 Å². The smallest absolute Gasteiger partial charge is 0.209 e. The lowest BCUT2D eigenvalue weighted by Gasteiger charge is -2.63. The van der Waals surface area contributed by atoms with E-state index in [2.05, 4.69) is 48.6 Å². The first-order valence-electron chi connectivity index (χ1n) is 17.8. The predicted molar refractivity (Wildman–Crippen MR) is 198 cm³/mol. The van der Waals surface area contributed by atoms with Gasteiger partial charge < -0.3 is 25.5 Å². The Morgan fingerprint density at radius 2 is 1.52 bits per heavy atom. The van der Waals surface area contributed by atoms with Crippen LogP contribution in [0.1, 0.15) is 80.9 Å². The van der Waals surface area contributed by atoms with Crippen LogP contribution in [0.4, 0.5) is 0 Å². The average molecular weight is 701 g/mol. The van der Waals surface area contributed by atoms with Crippen molar-refractivity contribution in [2.75, 3.05) is 0 Å². The Kier molecular flexibility index (Phi) is 8.16. The van der Waals surface area contributed by atoms with Gasteiger partial charge in [-0.25, -0.2) is 0 Å². The second-order valence-electron chi connectivity index (χ2n) is 15.6. The average Bonchev–Trinajstić information content (AvgIpc) is 3.58. The van der Waals surface area contributed by atoms with Crippen molar-refractivity contribution in [1.82, 2.24) is 0 Å². The van der Waals surface area contributed by atoms with Gasteiger partial charge in [0.1, 0.15) is 22.8 Å². The number of hydrogen-bond acceptors (Lipinski definition) is 8. The zero-order chi connectivity index (χ0) is 37.7. The van der Waals surface area contributed by atoms with Crippen LogP contribution in [0, 0.1) is 22.7 Å². The summed E-state index contributed by atoms with van der Waals surface area (Å²) in [4.78, 5) is 41.3. The third kappa shape index (κ3) is 4.56. The second-order valence-corrected chi connectivity index (χ2v) is 15.6. The number of aliphatic hydroxyl groups is 4. The number of phenols is 1. The van der Waals surface area contributed by atoms with E-state index < -0.39 is 80.3 Å². The van der Waals surface area contributed by atoms with Gasteiger partial charge in [0.15, 0.2) is 17.2 Å². The van der Waals surface area contributed by atoms with Crippen LogP contribution in [0.3, 0.4) is 0 Å². The normalized spacial score (nSPS) is 29.8. The number of fused-ring (bicyclic) bond motifs is 3. The Labute approximate surface area is 303 Å². The predicted octanol–water partition coefficient (Wildman–Crippen LogP) is 7.50. The minimum atomic E-state index is -2.92. The van der Waals surface area contributed by atoms with Crippen LogP contribution >= 0.6 is 0 Å². The number of aliphatic hydroxyl groups excluding tert-OH is 3. The number of benzene rings is 3. The summed E-state index contributed by atoms with van der Waals surface area (Å²) in [6.45, 7) is 9.28. The number of ketones is 3. The Balaban J connectivity index is 1.27. The molecule has 268 valence electrons. The van der Waals surface area contributed by atoms with Crippen molar-refractivity contribution in [3.05, 3.63) is 129 Å². The first kappa shape index (κ1) is 35.4. The van der Waals surface area contributed by atoms with E-state index in [4.69, 9.17) is 0 Å². The SMILES string of the molecule is CC(=O)C1=C(O)C(C(C)C)[C@@]2(C)[C@H](O)[C@]3(C)C(=C(O)[C@@]2(O)C1=O)C(=O)c1c(ccc(CC2=CC(c4ccc(-c5ccccc5)cc4)=CC2)c1O)[C@H]3C. The highest BCUT2D eigenvalue weighted by molar-refractivity contribution is 6.25. The highest BCUT2D eigenvalue weighted by Gasteiger charge is 2.76. The summed E-state index contributed by atoms with van der Waals surface area (Å²) in [5.41, 5.74) is -1.24. The second kappa shape index (κ2) is 12.0. The third-order valence-corrected chi connectivity index (χ3v) is 12.6. The fourth-order valence-electron chi connectivity index (χ4n) is 9.76. The monoisotopic (exact) mass is 700 g/mol. The van der Waals surface area contributed by atoms with E-state index in [0.717, 1.165) is 34.8 Å². The summed E-state index contributed by atoms with van der Waals surface area (Å²) < 4.78 is 0. The molecule has 8 heteroatoms. The van der Waals surface area contributed by atoms with Crippen LogP contribution in [0.25, 0.3) is 16.7 Å². The van der Waals surface area contributed by atoms with Crippen molar-refractivity contribution in [3.8, 4) is 16.9 Å². The molecule has 7 rings (SSSR count). The van der Waals surface area contributed by atoms with Gasteiger partial charge in [0, 0.05) is 16.7 Å². The van der Waals surface area contributed by atoms with E-state index in [9.17, 15) is 39.9 Å². The Bertz CT molecular complexity index is 2190. The molecule has 0 spiro atoms. The first-order chi connectivity index (χ1) is 24.5. The van der Waals surface area contributed by atoms with Crippen molar-refractivity contribution in [2.24, 2.45) is 22.7 Å². The summed E-state index contributed by atoms with van der Waals surface area (Å²) >= 11 is 0. The van der Waals surface area contributed by atoms with Crippen molar-refractivity contribution >= 4 is 22.9 Å². The first-order valence-corrected chi connectivity index (χ1v) is 17.8. The third-order valence-electron chi connectivity index (χ3n) is 12.6. The summed E-state index contributed by atoms with van der Waals surface area (Å²) in [5, 5.41) is 59.9. The van der Waals surface area contributed by atoms with Crippen molar-refractivity contribution < 1.29 is 39.9 Å². The van der Waals surface area contributed by atoms with E-state index in [-0.39, 0.29) is 11.3 Å². The van der Waals surface area contributed by atoms with Gasteiger partial charge in [-0.3, -0.25) is 14.4 Å². The van der Waals surface area contributed by atoms with E-state index >= 15 is 0 Å². The summed E-state index contributed by atoms with van der Waals surface area (Å²) in [6, 6.07) is 22.0. The van der Waals surface area contributed by atoms with Gasteiger partial charge >= 0.3 is 0 Å². The Hall–Kier alpha value is -5.05. The van der Waals surface area contributed by atoms with Gasteiger partial charge in [-0.15, -0.1) is 0 Å². The summed E-state index contributed by atoms with van der Waals surface area (Å²) in [5.74, 6) is -7.06. The van der Waals surface area contributed by atoms with E-state index in [1.54, 1.807) is 39.8 Å². The molecule has 1 unspecified atom stereocenters. The lowest BCUT2D eigenvalue weighted by molar-refractivity contribution is -0.211. The summed E-state index contributed by atoms with van der Waals surface area (Å²) in [7, 11) is 0. The van der Waals surface area contributed by atoms with Gasteiger partial charge in [0.25, 0.3) is 0 Å². The number of hydrogen-bond donors (Lipinski definition) is 5. The van der Waals surface area contributed by atoms with E-state index in [1.807, 2.05) is 18.2 Å². The zero-order valence-corrected chi connectivity index (χ0v) is 30.2. The molecular formula is C44H44O8. The molecule has 0 saturated carbocycles. The quantitative estimate of drug-likeness (QED) is 0.166. The van der Waals surface area contributed by atoms with Gasteiger partial charge in [-0.05, 0) is 65.0 Å². The number of rotatable bonds is 6. The molecule has 6 atom stereocenters. The largest absolute Gasteiger partial charge is 0.511 e. The van der Waals surface area contributed by atoms with Crippen LogP contribution in [0.2, 0.25) is 0 Å². The molecule has 4 aliphatic rings. The number of aromatic hydroxyl groups is 1. The summed E-state index contributed by atoms with van der Waals surface area (Å²) in [6.07, 6.45) is 3.53. The molecule has 0 fully saturated rings. The van der Waals surface area contributed by atoms with Crippen LogP contribution < -0.4 is 0 Å². The molecule has 3 aromatic carbocycles. The van der Waals surface area contributed by atoms with E-state index in [0.29, 0.717) is 24.0 Å². The molecule has 8 nitrogen and oxygen atoms in total. The molecule has 0 saturated heterocycles. The van der Waals surface area contributed by atoms with Crippen molar-refractivity contribution in [3.63, 3.8) is 0 Å². The molecule has 0 heterocycles. The topological polar surface area (TPSA) is 152 Å². The molecule has 5 N–H and O–H groups in total. The minimum Gasteiger partial charge on any atom is -0.511 e. The Morgan fingerprint density at radius 1 is 0.904 bits per heavy atom. The van der Waals surface area contributed by atoms with Crippen LogP contribution in [0.15, 0.2) is 107 Å².